The van der Waals surface area contributed by atoms with Gasteiger partial charge in [-0.25, -0.2) is 9.97 Å². The van der Waals surface area contributed by atoms with Gasteiger partial charge in [0, 0.05) is 25.6 Å². The number of amides is 1. The van der Waals surface area contributed by atoms with E-state index in [0.29, 0.717) is 23.8 Å². The zero-order valence-electron chi connectivity index (χ0n) is 16.0. The molecule has 0 spiro atoms. The van der Waals surface area contributed by atoms with E-state index in [1.165, 1.54) is 23.7 Å². The fraction of sp³-hybridized carbons (Fsp3) is 0.684. The van der Waals surface area contributed by atoms with Gasteiger partial charge >= 0.3 is 0 Å². The minimum atomic E-state index is -0.230. The molecule has 8 heteroatoms. The van der Waals surface area contributed by atoms with Crippen molar-refractivity contribution in [2.45, 2.75) is 64.6 Å². The summed E-state index contributed by atoms with van der Waals surface area (Å²) in [5, 5.41) is 2.98. The van der Waals surface area contributed by atoms with Crippen molar-refractivity contribution in [3.05, 3.63) is 22.5 Å². The number of hydrogen-bond donors (Lipinski definition) is 1. The molecule has 1 atom stereocenters. The zero-order chi connectivity index (χ0) is 18.8. The molecule has 4 heterocycles. The van der Waals surface area contributed by atoms with Crippen molar-refractivity contribution in [3.63, 3.8) is 0 Å². The molecule has 2 aromatic heterocycles. The number of aromatic nitrogens is 4. The Morgan fingerprint density at radius 2 is 2.15 bits per heavy atom. The molecule has 1 fully saturated rings. The molecule has 1 saturated heterocycles. The molecular formula is C19H28N6O2. The number of aryl methyl sites for hydroxylation is 2. The second-order valence-corrected chi connectivity index (χ2v) is 7.57. The fourth-order valence-electron chi connectivity index (χ4n) is 4.33. The van der Waals surface area contributed by atoms with Gasteiger partial charge in [0.25, 0.3) is 5.56 Å². The van der Waals surface area contributed by atoms with Gasteiger partial charge in [-0.05, 0) is 38.8 Å². The number of hydrogen-bond acceptors (Lipinski definition) is 5. The number of carbonyl (C=O) groups is 1. The summed E-state index contributed by atoms with van der Waals surface area (Å²) in [6, 6.07) is 0.403. The van der Waals surface area contributed by atoms with Crippen LogP contribution in [0.15, 0.2) is 11.1 Å². The first kappa shape index (κ1) is 18.2. The largest absolute Gasteiger partial charge is 0.353 e. The van der Waals surface area contributed by atoms with E-state index in [2.05, 4.69) is 31.7 Å². The minimum absolute atomic E-state index is 0.0111. The molecule has 1 unspecified atom stereocenters. The van der Waals surface area contributed by atoms with Gasteiger partial charge in [0.2, 0.25) is 5.91 Å². The molecule has 27 heavy (non-hydrogen) atoms. The summed E-state index contributed by atoms with van der Waals surface area (Å²) < 4.78 is 3.43. The van der Waals surface area contributed by atoms with E-state index < -0.39 is 0 Å². The Kier molecular flexibility index (Phi) is 5.24. The molecule has 0 aliphatic carbocycles. The fourth-order valence-corrected chi connectivity index (χ4v) is 4.33. The van der Waals surface area contributed by atoms with Gasteiger partial charge in [-0.1, -0.05) is 13.3 Å². The lowest BCUT2D eigenvalue weighted by atomic mass is 10.2. The Morgan fingerprint density at radius 3 is 3.00 bits per heavy atom. The van der Waals surface area contributed by atoms with E-state index >= 15 is 0 Å². The number of nitrogens with one attached hydrogen (secondary N) is 1. The molecule has 0 bridgehead atoms. The van der Waals surface area contributed by atoms with Crippen molar-refractivity contribution in [1.29, 1.82) is 0 Å². The predicted octanol–water partition coefficient (Wildman–Crippen LogP) is 0.920. The monoisotopic (exact) mass is 372 g/mol. The first-order chi connectivity index (χ1) is 13.2. The first-order valence-corrected chi connectivity index (χ1v) is 10.1. The van der Waals surface area contributed by atoms with E-state index in [1.54, 1.807) is 0 Å². The number of likely N-dealkylation sites (N-methyl/N-ethyl adjacent to an activating group) is 1. The van der Waals surface area contributed by atoms with Gasteiger partial charge in [-0.3, -0.25) is 19.1 Å². The summed E-state index contributed by atoms with van der Waals surface area (Å²) in [7, 11) is 0. The lowest BCUT2D eigenvalue weighted by molar-refractivity contribution is -0.121. The highest BCUT2D eigenvalue weighted by Gasteiger charge is 2.23. The SMILES string of the molecule is CCN1CCCC1CNC(=O)Cn1cnc2c(nc3n2CCCCC3)c1=O. The highest BCUT2D eigenvalue weighted by molar-refractivity contribution is 5.76. The molecule has 4 rings (SSSR count). The summed E-state index contributed by atoms with van der Waals surface area (Å²) in [6.45, 7) is 5.73. The summed E-state index contributed by atoms with van der Waals surface area (Å²) in [4.78, 5) is 36.5. The van der Waals surface area contributed by atoms with Crippen LogP contribution in [0.25, 0.3) is 11.2 Å². The van der Waals surface area contributed by atoms with E-state index in [9.17, 15) is 9.59 Å². The van der Waals surface area contributed by atoms with Gasteiger partial charge in [0.1, 0.15) is 18.7 Å². The molecule has 2 aliphatic heterocycles. The van der Waals surface area contributed by atoms with Crippen LogP contribution < -0.4 is 10.9 Å². The topological polar surface area (TPSA) is 85.1 Å². The second kappa shape index (κ2) is 7.80. The van der Waals surface area contributed by atoms with Crippen molar-refractivity contribution in [2.24, 2.45) is 0 Å². The van der Waals surface area contributed by atoms with Gasteiger partial charge < -0.3 is 9.88 Å². The van der Waals surface area contributed by atoms with Crippen LogP contribution in [0.2, 0.25) is 0 Å². The average molecular weight is 372 g/mol. The summed E-state index contributed by atoms with van der Waals surface area (Å²) in [5.41, 5.74) is 0.806. The average Bonchev–Trinajstić information content (AvgIpc) is 3.20. The van der Waals surface area contributed by atoms with Crippen molar-refractivity contribution < 1.29 is 4.79 Å². The maximum Gasteiger partial charge on any atom is 0.282 e. The van der Waals surface area contributed by atoms with Crippen LogP contribution in [0.3, 0.4) is 0 Å². The molecule has 8 nitrogen and oxygen atoms in total. The molecular weight excluding hydrogens is 344 g/mol. The van der Waals surface area contributed by atoms with Gasteiger partial charge in [-0.2, -0.15) is 0 Å². The van der Waals surface area contributed by atoms with Crippen LogP contribution in [0.5, 0.6) is 0 Å². The van der Waals surface area contributed by atoms with Crippen molar-refractivity contribution >= 4 is 17.1 Å². The smallest absolute Gasteiger partial charge is 0.282 e. The van der Waals surface area contributed by atoms with Crippen LogP contribution in [0.4, 0.5) is 0 Å². The van der Waals surface area contributed by atoms with Crippen molar-refractivity contribution in [1.82, 2.24) is 29.3 Å². The molecule has 146 valence electrons. The quantitative estimate of drug-likeness (QED) is 0.844. The van der Waals surface area contributed by atoms with Crippen molar-refractivity contribution in [2.75, 3.05) is 19.6 Å². The van der Waals surface area contributed by atoms with Crippen LogP contribution in [-0.2, 0) is 24.3 Å². The Bertz CT molecular complexity index is 886. The lowest BCUT2D eigenvalue weighted by Crippen LogP contribution is -2.41. The predicted molar refractivity (Wildman–Crippen MR) is 103 cm³/mol. The summed E-state index contributed by atoms with van der Waals surface area (Å²) >= 11 is 0. The lowest BCUT2D eigenvalue weighted by Gasteiger charge is -2.22. The molecule has 0 radical (unpaired) electrons. The number of nitrogens with zero attached hydrogens (tertiary/aromatic N) is 5. The van der Waals surface area contributed by atoms with E-state index in [4.69, 9.17) is 0 Å². The molecule has 1 amide bonds. The number of rotatable bonds is 5. The molecule has 2 aromatic rings. The van der Waals surface area contributed by atoms with E-state index in [1.807, 2.05) is 0 Å². The highest BCUT2D eigenvalue weighted by Crippen LogP contribution is 2.18. The third kappa shape index (κ3) is 3.63. The molecule has 0 aromatic carbocycles. The Hall–Kier alpha value is -2.22. The highest BCUT2D eigenvalue weighted by atomic mass is 16.2. The third-order valence-electron chi connectivity index (χ3n) is 5.84. The number of carbonyl (C=O) groups excluding carboxylic acids is 1. The van der Waals surface area contributed by atoms with Crippen molar-refractivity contribution in [3.8, 4) is 0 Å². The van der Waals surface area contributed by atoms with Gasteiger partial charge in [0.05, 0.1) is 0 Å². The second-order valence-electron chi connectivity index (χ2n) is 7.57. The van der Waals surface area contributed by atoms with Crippen LogP contribution in [0, 0.1) is 0 Å². The normalized spacial score (nSPS) is 20.6. The maximum atomic E-state index is 12.8. The Balaban J connectivity index is 1.46. The number of likely N-dealkylation sites (tertiary alicyclic amines) is 1. The number of imidazole rings is 1. The third-order valence-corrected chi connectivity index (χ3v) is 5.84. The first-order valence-electron chi connectivity index (χ1n) is 10.1. The van der Waals surface area contributed by atoms with E-state index in [-0.39, 0.29) is 18.0 Å². The van der Waals surface area contributed by atoms with Gasteiger partial charge in [0.15, 0.2) is 11.2 Å². The van der Waals surface area contributed by atoms with Crippen LogP contribution in [-0.4, -0.2) is 55.6 Å². The maximum absolute atomic E-state index is 12.8. The Labute approximate surface area is 158 Å². The number of fused-ring (bicyclic) bond motifs is 3. The van der Waals surface area contributed by atoms with Crippen LogP contribution in [0.1, 0.15) is 44.9 Å². The minimum Gasteiger partial charge on any atom is -0.353 e. The molecule has 1 N–H and O–H groups in total. The Morgan fingerprint density at radius 1 is 1.26 bits per heavy atom. The van der Waals surface area contributed by atoms with Gasteiger partial charge in [-0.15, -0.1) is 0 Å². The van der Waals surface area contributed by atoms with Crippen LogP contribution >= 0.6 is 0 Å². The summed E-state index contributed by atoms with van der Waals surface area (Å²) in [5.74, 6) is 0.789. The zero-order valence-corrected chi connectivity index (χ0v) is 16.0. The van der Waals surface area contributed by atoms with E-state index in [0.717, 1.165) is 51.1 Å². The molecule has 2 aliphatic rings. The molecule has 0 saturated carbocycles. The summed E-state index contributed by atoms with van der Waals surface area (Å²) in [6.07, 6.45) is 8.01. The standard InChI is InChI=1S/C19H28N6O2/c1-2-23-9-6-7-14(23)11-20-16(26)12-24-13-21-18-17(19(24)27)22-15-8-4-3-5-10-25(15)18/h13-14H,2-12H2,1H3,(H,20,26).